The molecule has 0 atom stereocenters. The van der Waals surface area contributed by atoms with E-state index < -0.39 is 73.5 Å². The molecule has 0 heterocycles. The van der Waals surface area contributed by atoms with Gasteiger partial charge in [-0.2, -0.15) is 26.3 Å². The van der Waals surface area contributed by atoms with E-state index in [0.717, 1.165) is 24.3 Å². The number of carboxylic acids is 1. The number of aliphatic hydroxyl groups is 1. The molecule has 0 unspecified atom stereocenters. The van der Waals surface area contributed by atoms with Crippen molar-refractivity contribution in [3.63, 3.8) is 0 Å². The molecule has 2 N–H and O–H groups in total. The Kier molecular flexibility index (Phi) is 5.82. The van der Waals surface area contributed by atoms with Gasteiger partial charge >= 0.3 is 18.3 Å². The van der Waals surface area contributed by atoms with Gasteiger partial charge in [-0.1, -0.05) is 24.3 Å². The average molecular weight is 500 g/mol. The van der Waals surface area contributed by atoms with Gasteiger partial charge < -0.3 is 10.2 Å². The monoisotopic (exact) mass is 500 g/mol. The van der Waals surface area contributed by atoms with Crippen molar-refractivity contribution in [1.29, 1.82) is 0 Å². The van der Waals surface area contributed by atoms with Crippen LogP contribution >= 0.6 is 0 Å². The van der Waals surface area contributed by atoms with Gasteiger partial charge in [0.15, 0.2) is 9.84 Å². The third-order valence-corrected chi connectivity index (χ3v) is 8.28. The summed E-state index contributed by atoms with van der Waals surface area (Å²) in [6, 6.07) is 5.46. The van der Waals surface area contributed by atoms with Crippen LogP contribution in [0.1, 0.15) is 24.0 Å². The van der Waals surface area contributed by atoms with Gasteiger partial charge in [0.1, 0.15) is 10.6 Å². The van der Waals surface area contributed by atoms with Crippen LogP contribution in [0.5, 0.6) is 0 Å². The molecule has 3 rings (SSSR count). The molecule has 0 saturated heterocycles. The van der Waals surface area contributed by atoms with Gasteiger partial charge in [0.25, 0.3) is 5.60 Å². The van der Waals surface area contributed by atoms with Crippen molar-refractivity contribution < 1.29 is 54.2 Å². The first-order valence-corrected chi connectivity index (χ1v) is 10.7. The van der Waals surface area contributed by atoms with Gasteiger partial charge in [-0.15, -0.1) is 0 Å². The Balaban J connectivity index is 2.13. The van der Waals surface area contributed by atoms with E-state index >= 15 is 0 Å². The maximum atomic E-state index is 13.3. The minimum Gasteiger partial charge on any atom is -0.481 e. The Bertz CT molecular complexity index is 1130. The zero-order chi connectivity index (χ0) is 25.0. The smallest absolute Gasteiger partial charge is 0.430 e. The van der Waals surface area contributed by atoms with Crippen LogP contribution in [0, 0.1) is 11.7 Å². The first-order chi connectivity index (χ1) is 15.0. The first-order valence-electron chi connectivity index (χ1n) is 9.17. The lowest BCUT2D eigenvalue weighted by Gasteiger charge is -2.45. The number of halogens is 7. The lowest BCUT2D eigenvalue weighted by molar-refractivity contribution is -0.376. The topological polar surface area (TPSA) is 91.7 Å². The molecule has 0 bridgehead atoms. The summed E-state index contributed by atoms with van der Waals surface area (Å²) in [6.45, 7) is 0. The van der Waals surface area contributed by atoms with Crippen LogP contribution < -0.4 is 0 Å². The minimum atomic E-state index is -6.13. The van der Waals surface area contributed by atoms with Crippen LogP contribution in [0.4, 0.5) is 30.7 Å². The molecule has 0 aromatic heterocycles. The SMILES string of the molecule is O=C(O)C1CC(c2ccc(C(O)(C(F)(F)F)C(F)(F)F)cc2)(S(=O)(=O)c2ccc(F)cc2)C1. The number of sulfone groups is 1. The summed E-state index contributed by atoms with van der Waals surface area (Å²) in [5, 5.41) is 18.7. The molecule has 0 radical (unpaired) electrons. The maximum absolute atomic E-state index is 13.3. The molecule has 0 aliphatic heterocycles. The van der Waals surface area contributed by atoms with E-state index in [0.29, 0.717) is 24.3 Å². The molecule has 1 aliphatic carbocycles. The highest BCUT2D eigenvalue weighted by Crippen LogP contribution is 2.55. The molecule has 0 spiro atoms. The lowest BCUT2D eigenvalue weighted by atomic mass is 9.70. The number of benzene rings is 2. The predicted octanol–water partition coefficient (Wildman–Crippen LogP) is 4.30. The number of rotatable bonds is 5. The fraction of sp³-hybridized carbons (Fsp3) is 0.350. The summed E-state index contributed by atoms with van der Waals surface area (Å²) in [5.41, 5.74) is -7.06. The number of carbonyl (C=O) groups is 1. The molecule has 13 heteroatoms. The van der Waals surface area contributed by atoms with Crippen LogP contribution in [-0.4, -0.2) is 37.0 Å². The van der Waals surface area contributed by atoms with Crippen LogP contribution in [0.2, 0.25) is 0 Å². The van der Waals surface area contributed by atoms with E-state index in [1.54, 1.807) is 0 Å². The summed E-state index contributed by atoms with van der Waals surface area (Å²) in [5.74, 6) is -3.23. The highest BCUT2D eigenvalue weighted by atomic mass is 32.2. The summed E-state index contributed by atoms with van der Waals surface area (Å²) in [7, 11) is -4.44. The maximum Gasteiger partial charge on any atom is 0.430 e. The van der Waals surface area contributed by atoms with Gasteiger partial charge in [-0.25, -0.2) is 12.8 Å². The van der Waals surface area contributed by atoms with Gasteiger partial charge in [-0.05, 0) is 42.7 Å². The van der Waals surface area contributed by atoms with E-state index in [-0.39, 0.29) is 5.56 Å². The van der Waals surface area contributed by atoms with Crippen molar-refractivity contribution in [2.45, 2.75) is 40.4 Å². The molecule has 5 nitrogen and oxygen atoms in total. The predicted molar refractivity (Wildman–Crippen MR) is 98.1 cm³/mol. The molecule has 1 fully saturated rings. The van der Waals surface area contributed by atoms with Crippen molar-refractivity contribution >= 4 is 15.8 Å². The zero-order valence-electron chi connectivity index (χ0n) is 16.3. The number of hydrogen-bond donors (Lipinski definition) is 2. The molecule has 0 amide bonds. The zero-order valence-corrected chi connectivity index (χ0v) is 17.1. The van der Waals surface area contributed by atoms with E-state index in [1.807, 2.05) is 0 Å². The highest BCUT2D eigenvalue weighted by Gasteiger charge is 2.71. The van der Waals surface area contributed by atoms with Crippen LogP contribution in [-0.2, 0) is 25.0 Å². The second kappa shape index (κ2) is 7.69. The van der Waals surface area contributed by atoms with E-state index in [9.17, 15) is 54.2 Å². The molecule has 1 aliphatic rings. The largest absolute Gasteiger partial charge is 0.481 e. The Morgan fingerprint density at radius 2 is 1.33 bits per heavy atom. The van der Waals surface area contributed by atoms with Gasteiger partial charge in [0.05, 0.1) is 10.8 Å². The number of alkyl halides is 6. The van der Waals surface area contributed by atoms with Crippen LogP contribution in [0.3, 0.4) is 0 Å². The first kappa shape index (κ1) is 25.0. The van der Waals surface area contributed by atoms with Crippen LogP contribution in [0.15, 0.2) is 53.4 Å². The Morgan fingerprint density at radius 1 is 0.879 bits per heavy atom. The molecule has 2 aromatic carbocycles. The Hall–Kier alpha value is -2.67. The van der Waals surface area contributed by atoms with Crippen molar-refractivity contribution in [2.24, 2.45) is 5.92 Å². The fourth-order valence-electron chi connectivity index (χ4n) is 3.86. The molecule has 180 valence electrons. The van der Waals surface area contributed by atoms with Crippen molar-refractivity contribution in [3.8, 4) is 0 Å². The second-order valence-corrected chi connectivity index (χ2v) is 9.94. The average Bonchev–Trinajstić information content (AvgIpc) is 2.65. The van der Waals surface area contributed by atoms with Gasteiger partial charge in [0, 0.05) is 5.56 Å². The number of aliphatic carboxylic acids is 1. The summed E-state index contributed by atoms with van der Waals surface area (Å²) < 4.78 is 117. The Labute approximate surface area is 182 Å². The van der Waals surface area contributed by atoms with Crippen molar-refractivity contribution in [3.05, 3.63) is 65.5 Å². The molecular formula is C20H15F7O5S. The summed E-state index contributed by atoms with van der Waals surface area (Å²) in [4.78, 5) is 10.9. The normalized spacial score (nSPS) is 22.0. The number of carboxylic acid groups (broad SMARTS) is 1. The van der Waals surface area contributed by atoms with Crippen LogP contribution in [0.25, 0.3) is 0 Å². The third kappa shape index (κ3) is 3.76. The second-order valence-electron chi connectivity index (χ2n) is 7.68. The highest BCUT2D eigenvalue weighted by molar-refractivity contribution is 7.92. The summed E-state index contributed by atoms with van der Waals surface area (Å²) >= 11 is 0. The van der Waals surface area contributed by atoms with Gasteiger partial charge in [-0.3, -0.25) is 4.79 Å². The molecular weight excluding hydrogens is 485 g/mol. The molecule has 1 saturated carbocycles. The van der Waals surface area contributed by atoms with E-state index in [1.165, 1.54) is 0 Å². The quantitative estimate of drug-likeness (QED) is 0.472. The van der Waals surface area contributed by atoms with E-state index in [2.05, 4.69) is 0 Å². The molecule has 33 heavy (non-hydrogen) atoms. The van der Waals surface area contributed by atoms with Gasteiger partial charge in [0.2, 0.25) is 0 Å². The minimum absolute atomic E-state index is 0.264. The fourth-order valence-corrected chi connectivity index (χ4v) is 6.10. The van der Waals surface area contributed by atoms with Crippen molar-refractivity contribution in [1.82, 2.24) is 0 Å². The lowest BCUT2D eigenvalue weighted by Crippen LogP contribution is -2.54. The Morgan fingerprint density at radius 3 is 1.73 bits per heavy atom. The standard InChI is InChI=1S/C20H15F7O5S/c21-14-5-7-15(8-6-14)33(31,32)17(9-11(10-17)16(28)29)12-1-3-13(4-2-12)18(30,19(22,23)24)20(25,26)27/h1-8,11,30H,9-10H2,(H,28,29). The third-order valence-electron chi connectivity index (χ3n) is 5.79. The summed E-state index contributed by atoms with van der Waals surface area (Å²) in [6.07, 6.45) is -13.3. The molecule has 2 aromatic rings. The van der Waals surface area contributed by atoms with E-state index in [4.69, 9.17) is 0 Å². The number of hydrogen-bond acceptors (Lipinski definition) is 4. The van der Waals surface area contributed by atoms with Crippen molar-refractivity contribution in [2.75, 3.05) is 0 Å².